The van der Waals surface area contributed by atoms with Crippen molar-refractivity contribution < 1.29 is 19.4 Å². The summed E-state index contributed by atoms with van der Waals surface area (Å²) in [4.78, 5) is 13.3. The first-order valence-electron chi connectivity index (χ1n) is 10.0. The molecule has 0 saturated carbocycles. The Hall–Kier alpha value is -1.85. The molecule has 2 aromatic rings. The van der Waals surface area contributed by atoms with E-state index in [1.807, 2.05) is 38.1 Å². The van der Waals surface area contributed by atoms with E-state index < -0.39 is 11.7 Å². The van der Waals surface area contributed by atoms with Crippen LogP contribution in [0.2, 0.25) is 10.0 Å². The first kappa shape index (κ1) is 21.4. The normalized spacial score (nSPS) is 25.8. The Morgan fingerprint density at radius 2 is 1.87 bits per heavy atom. The summed E-state index contributed by atoms with van der Waals surface area (Å²) in [5.74, 6) is -0.272. The van der Waals surface area contributed by atoms with E-state index in [2.05, 4.69) is 0 Å². The highest BCUT2D eigenvalue weighted by Gasteiger charge is 2.56. The van der Waals surface area contributed by atoms with Gasteiger partial charge in [-0.05, 0) is 60.2 Å². The molecule has 30 heavy (non-hydrogen) atoms. The molecule has 2 aliphatic rings. The molecule has 2 heterocycles. The summed E-state index contributed by atoms with van der Waals surface area (Å²) in [5, 5.41) is 12.2. The molecule has 3 atom stereocenters. The summed E-state index contributed by atoms with van der Waals surface area (Å²) in [7, 11) is 1.62. The van der Waals surface area contributed by atoms with E-state index >= 15 is 0 Å². The standard InChI is InChI=1S/C24H24Cl2O4/c1-4-13-5-6-14(15-7-8-18(25)19(26)10-15)9-17(13)21-22(27)20-11-16(12-29-3)24(2,30-20)23(21)28/h5-10,16,20,28H,4,11-12H2,1-3H3/t16?,20-,24+/m0/s1. The van der Waals surface area contributed by atoms with E-state index in [1.54, 1.807) is 19.2 Å². The van der Waals surface area contributed by atoms with E-state index in [9.17, 15) is 9.90 Å². The number of rotatable bonds is 5. The lowest BCUT2D eigenvalue weighted by atomic mass is 9.84. The van der Waals surface area contributed by atoms with Crippen molar-refractivity contribution >= 4 is 34.6 Å². The van der Waals surface area contributed by atoms with Crippen LogP contribution in [0.1, 0.15) is 31.4 Å². The number of hydrogen-bond donors (Lipinski definition) is 1. The van der Waals surface area contributed by atoms with Gasteiger partial charge in [-0.15, -0.1) is 0 Å². The molecule has 2 aromatic carbocycles. The van der Waals surface area contributed by atoms with Crippen molar-refractivity contribution in [1.29, 1.82) is 0 Å². The molecule has 1 fully saturated rings. The van der Waals surface area contributed by atoms with Crippen LogP contribution in [-0.4, -0.2) is 36.3 Å². The van der Waals surface area contributed by atoms with Crippen molar-refractivity contribution in [2.75, 3.05) is 13.7 Å². The number of hydrogen-bond acceptors (Lipinski definition) is 4. The van der Waals surface area contributed by atoms with E-state index in [-0.39, 0.29) is 17.5 Å². The second-order valence-electron chi connectivity index (χ2n) is 8.04. The van der Waals surface area contributed by atoms with E-state index in [1.165, 1.54) is 0 Å². The maximum absolute atomic E-state index is 13.3. The number of aliphatic hydroxyl groups is 1. The molecule has 2 bridgehead atoms. The molecule has 0 spiro atoms. The molecule has 0 amide bonds. The van der Waals surface area contributed by atoms with E-state index in [0.29, 0.717) is 28.6 Å². The van der Waals surface area contributed by atoms with Gasteiger partial charge in [-0.25, -0.2) is 0 Å². The van der Waals surface area contributed by atoms with Gasteiger partial charge in [0.1, 0.15) is 17.5 Å². The Morgan fingerprint density at radius 3 is 2.53 bits per heavy atom. The van der Waals surface area contributed by atoms with Crippen molar-refractivity contribution in [3.05, 3.63) is 63.3 Å². The Morgan fingerprint density at radius 1 is 1.17 bits per heavy atom. The van der Waals surface area contributed by atoms with Crippen molar-refractivity contribution in [2.45, 2.75) is 38.4 Å². The lowest BCUT2D eigenvalue weighted by Gasteiger charge is -2.34. The molecule has 0 radical (unpaired) electrons. The third-order valence-corrected chi connectivity index (χ3v) is 7.03. The highest BCUT2D eigenvalue weighted by Crippen LogP contribution is 2.49. The zero-order valence-electron chi connectivity index (χ0n) is 17.2. The Kier molecular flexibility index (Phi) is 5.71. The second kappa shape index (κ2) is 8.01. The summed E-state index contributed by atoms with van der Waals surface area (Å²) < 4.78 is 11.3. The second-order valence-corrected chi connectivity index (χ2v) is 8.86. The first-order valence-corrected chi connectivity index (χ1v) is 10.8. The number of Topliss-reactive ketones (excluding diaryl/α,β-unsaturated/α-hetero) is 1. The van der Waals surface area contributed by atoms with E-state index in [4.69, 9.17) is 32.7 Å². The van der Waals surface area contributed by atoms with Crippen LogP contribution in [-0.2, 0) is 20.7 Å². The number of fused-ring (bicyclic) bond motifs is 2. The SMILES string of the molecule is CCc1ccc(-c2ccc(Cl)c(Cl)c2)cc1C1=C(O)[C@]2(C)O[C@@H](CC2COC)C1=O. The highest BCUT2D eigenvalue weighted by molar-refractivity contribution is 6.42. The lowest BCUT2D eigenvalue weighted by molar-refractivity contribution is -0.132. The molecule has 1 N–H and O–H groups in total. The number of aliphatic hydroxyl groups excluding tert-OH is 1. The summed E-state index contributed by atoms with van der Waals surface area (Å²) in [6.45, 7) is 4.29. The molecule has 6 heteroatoms. The van der Waals surface area contributed by atoms with Gasteiger partial charge in [0, 0.05) is 13.0 Å². The minimum Gasteiger partial charge on any atom is -0.508 e. The Labute approximate surface area is 186 Å². The Bertz CT molecular complexity index is 1050. The average molecular weight is 447 g/mol. The molecule has 4 rings (SSSR count). The minimum absolute atomic E-state index is 0.00992. The summed E-state index contributed by atoms with van der Waals surface area (Å²) in [6.07, 6.45) is 0.689. The van der Waals surface area contributed by atoms with Gasteiger partial charge >= 0.3 is 0 Å². The van der Waals surface area contributed by atoms with Gasteiger partial charge in [-0.2, -0.15) is 0 Å². The number of aryl methyl sites for hydroxylation is 1. The molecule has 0 aliphatic carbocycles. The lowest BCUT2D eigenvalue weighted by Crippen LogP contribution is -2.41. The molecular weight excluding hydrogens is 423 g/mol. The van der Waals surface area contributed by atoms with Crippen LogP contribution in [0, 0.1) is 5.92 Å². The fourth-order valence-corrected chi connectivity index (χ4v) is 4.82. The number of halogens is 2. The van der Waals surface area contributed by atoms with Crippen molar-refractivity contribution in [3.8, 4) is 11.1 Å². The van der Waals surface area contributed by atoms with Crippen molar-refractivity contribution in [3.63, 3.8) is 0 Å². The molecule has 1 unspecified atom stereocenters. The van der Waals surface area contributed by atoms with Crippen LogP contribution in [0.5, 0.6) is 0 Å². The monoisotopic (exact) mass is 446 g/mol. The fourth-order valence-electron chi connectivity index (χ4n) is 4.52. The van der Waals surface area contributed by atoms with Crippen LogP contribution in [0.4, 0.5) is 0 Å². The first-order chi connectivity index (χ1) is 14.3. The molecule has 0 aromatic heterocycles. The average Bonchev–Trinajstić information content (AvgIpc) is 3.04. The predicted molar refractivity (Wildman–Crippen MR) is 119 cm³/mol. The largest absolute Gasteiger partial charge is 0.508 e. The molecule has 158 valence electrons. The third kappa shape index (κ3) is 3.36. The van der Waals surface area contributed by atoms with E-state index in [0.717, 1.165) is 28.7 Å². The van der Waals surface area contributed by atoms with Crippen molar-refractivity contribution in [1.82, 2.24) is 0 Å². The molecule has 4 nitrogen and oxygen atoms in total. The highest BCUT2D eigenvalue weighted by atomic mass is 35.5. The minimum atomic E-state index is -0.936. The van der Waals surface area contributed by atoms with Crippen LogP contribution < -0.4 is 0 Å². The van der Waals surface area contributed by atoms with Crippen molar-refractivity contribution in [2.24, 2.45) is 5.92 Å². The zero-order chi connectivity index (χ0) is 21.6. The topological polar surface area (TPSA) is 55.8 Å². The number of benzene rings is 2. The van der Waals surface area contributed by atoms with Gasteiger partial charge in [0.2, 0.25) is 0 Å². The van der Waals surface area contributed by atoms with Gasteiger partial charge in [0.05, 0.1) is 22.2 Å². The van der Waals surface area contributed by atoms with Gasteiger partial charge < -0.3 is 14.6 Å². The van der Waals surface area contributed by atoms with Crippen LogP contribution in [0.15, 0.2) is 42.2 Å². The fraction of sp³-hybridized carbons (Fsp3) is 0.375. The summed E-state index contributed by atoms with van der Waals surface area (Å²) in [5.41, 5.74) is 2.92. The van der Waals surface area contributed by atoms with Gasteiger partial charge in [-0.3, -0.25) is 4.79 Å². The zero-order valence-corrected chi connectivity index (χ0v) is 18.7. The number of ketones is 1. The predicted octanol–water partition coefficient (Wildman–Crippen LogP) is 5.88. The molecular formula is C24H24Cl2O4. The number of carbonyl (C=O) groups excluding carboxylic acids is 1. The molecule has 1 saturated heterocycles. The smallest absolute Gasteiger partial charge is 0.195 e. The number of carbonyl (C=O) groups is 1. The van der Waals surface area contributed by atoms with Crippen LogP contribution in [0.25, 0.3) is 16.7 Å². The van der Waals surface area contributed by atoms with Gasteiger partial charge in [0.15, 0.2) is 5.78 Å². The third-order valence-electron chi connectivity index (χ3n) is 6.29. The van der Waals surface area contributed by atoms with Crippen LogP contribution in [0.3, 0.4) is 0 Å². The summed E-state index contributed by atoms with van der Waals surface area (Å²) >= 11 is 12.3. The number of ether oxygens (including phenoxy) is 2. The van der Waals surface area contributed by atoms with Crippen LogP contribution >= 0.6 is 23.2 Å². The quantitative estimate of drug-likeness (QED) is 0.622. The molecule has 2 aliphatic heterocycles. The maximum atomic E-state index is 13.3. The summed E-state index contributed by atoms with van der Waals surface area (Å²) in [6, 6.07) is 11.4. The maximum Gasteiger partial charge on any atom is 0.195 e. The Balaban J connectivity index is 1.87. The van der Waals surface area contributed by atoms with Gasteiger partial charge in [0.25, 0.3) is 0 Å². The number of methoxy groups -OCH3 is 1. The van der Waals surface area contributed by atoms with Gasteiger partial charge in [-0.1, -0.05) is 48.3 Å².